The fourth-order valence-corrected chi connectivity index (χ4v) is 1.97. The van der Waals surface area contributed by atoms with E-state index in [1.165, 1.54) is 0 Å². The number of fused-ring (bicyclic) bond motifs is 1. The predicted molar refractivity (Wildman–Crippen MR) is 72.3 cm³/mol. The molecule has 0 spiro atoms. The van der Waals surface area contributed by atoms with Gasteiger partial charge in [-0.05, 0) is 24.6 Å². The molecule has 1 unspecified atom stereocenters. The van der Waals surface area contributed by atoms with E-state index >= 15 is 0 Å². The Morgan fingerprint density at radius 3 is 3.00 bits per heavy atom. The maximum atomic E-state index is 5.90. The van der Waals surface area contributed by atoms with Crippen molar-refractivity contribution >= 4 is 10.9 Å². The highest BCUT2D eigenvalue weighted by atomic mass is 16.5. The molecular formula is C14H14N4O. The lowest BCUT2D eigenvalue weighted by Crippen LogP contribution is -2.10. The van der Waals surface area contributed by atoms with Crippen molar-refractivity contribution in [1.29, 1.82) is 0 Å². The van der Waals surface area contributed by atoms with E-state index in [4.69, 9.17) is 10.3 Å². The smallest absolute Gasteiger partial charge is 0.258 e. The lowest BCUT2D eigenvalue weighted by atomic mass is 10.1. The lowest BCUT2D eigenvalue weighted by Gasteiger charge is -2.01. The Bertz CT molecular complexity index is 702. The normalized spacial score (nSPS) is 12.7. The van der Waals surface area contributed by atoms with Gasteiger partial charge < -0.3 is 10.3 Å². The first-order valence-electron chi connectivity index (χ1n) is 6.23. The summed E-state index contributed by atoms with van der Waals surface area (Å²) >= 11 is 0. The van der Waals surface area contributed by atoms with Crippen LogP contribution in [0.25, 0.3) is 22.4 Å². The third-order valence-electron chi connectivity index (χ3n) is 3.09. The summed E-state index contributed by atoms with van der Waals surface area (Å²) in [6.45, 7) is 1.99. The van der Waals surface area contributed by atoms with Gasteiger partial charge in [-0.2, -0.15) is 4.98 Å². The Balaban J connectivity index is 2.12. The zero-order valence-corrected chi connectivity index (χ0v) is 10.6. The van der Waals surface area contributed by atoms with Crippen LogP contribution in [0.3, 0.4) is 0 Å². The minimum absolute atomic E-state index is 0.189. The van der Waals surface area contributed by atoms with Crippen LogP contribution in [0.15, 0.2) is 41.1 Å². The summed E-state index contributed by atoms with van der Waals surface area (Å²) in [5, 5.41) is 4.93. The molecule has 0 radical (unpaired) electrons. The van der Waals surface area contributed by atoms with Gasteiger partial charge in [0.25, 0.3) is 5.89 Å². The molecule has 5 nitrogen and oxygen atoms in total. The number of nitrogens with two attached hydrogens (primary N) is 1. The van der Waals surface area contributed by atoms with Crippen LogP contribution in [0.1, 0.15) is 25.2 Å². The van der Waals surface area contributed by atoms with Crippen LogP contribution in [0, 0.1) is 0 Å². The molecule has 0 saturated heterocycles. The molecule has 0 aliphatic rings. The van der Waals surface area contributed by atoms with Crippen molar-refractivity contribution in [1.82, 2.24) is 15.1 Å². The topological polar surface area (TPSA) is 77.8 Å². The highest BCUT2D eigenvalue weighted by Gasteiger charge is 2.15. The second-order valence-electron chi connectivity index (χ2n) is 4.35. The minimum Gasteiger partial charge on any atom is -0.334 e. The van der Waals surface area contributed by atoms with Crippen LogP contribution in [0.2, 0.25) is 0 Å². The van der Waals surface area contributed by atoms with Gasteiger partial charge >= 0.3 is 0 Å². The second-order valence-corrected chi connectivity index (χ2v) is 4.35. The van der Waals surface area contributed by atoms with Gasteiger partial charge in [0.05, 0.1) is 11.6 Å². The number of benzene rings is 1. The molecule has 5 heteroatoms. The Kier molecular flexibility index (Phi) is 2.97. The molecule has 1 atom stereocenters. The van der Waals surface area contributed by atoms with Gasteiger partial charge in [0.2, 0.25) is 0 Å². The first-order valence-corrected chi connectivity index (χ1v) is 6.23. The number of hydrogen-bond acceptors (Lipinski definition) is 5. The molecule has 1 aromatic carbocycles. The lowest BCUT2D eigenvalue weighted by molar-refractivity contribution is 0.415. The quantitative estimate of drug-likeness (QED) is 0.777. The minimum atomic E-state index is -0.189. The third kappa shape index (κ3) is 2.08. The Morgan fingerprint density at radius 1 is 1.26 bits per heavy atom. The number of nitrogens with zero attached hydrogens (tertiary/aromatic N) is 3. The van der Waals surface area contributed by atoms with Crippen LogP contribution in [0.5, 0.6) is 0 Å². The van der Waals surface area contributed by atoms with E-state index in [9.17, 15) is 0 Å². The summed E-state index contributed by atoms with van der Waals surface area (Å²) in [4.78, 5) is 8.68. The third-order valence-corrected chi connectivity index (χ3v) is 3.09. The van der Waals surface area contributed by atoms with Crippen LogP contribution < -0.4 is 5.73 Å². The average molecular weight is 254 g/mol. The first kappa shape index (κ1) is 11.8. The van der Waals surface area contributed by atoms with Crippen molar-refractivity contribution in [2.24, 2.45) is 5.73 Å². The van der Waals surface area contributed by atoms with Crippen molar-refractivity contribution in [3.63, 3.8) is 0 Å². The van der Waals surface area contributed by atoms with E-state index in [1.807, 2.05) is 37.3 Å². The Hall–Kier alpha value is -2.27. The fraction of sp³-hybridized carbons (Fsp3) is 0.214. The molecular weight excluding hydrogens is 240 g/mol. The molecule has 96 valence electrons. The molecule has 0 amide bonds. The number of hydrogen-bond donors (Lipinski definition) is 1. The van der Waals surface area contributed by atoms with Crippen LogP contribution in [-0.2, 0) is 0 Å². The van der Waals surface area contributed by atoms with Gasteiger partial charge in [-0.3, -0.25) is 4.98 Å². The van der Waals surface area contributed by atoms with Gasteiger partial charge in [-0.1, -0.05) is 24.2 Å². The Morgan fingerprint density at radius 2 is 2.16 bits per heavy atom. The van der Waals surface area contributed by atoms with E-state index in [0.29, 0.717) is 11.7 Å². The fourth-order valence-electron chi connectivity index (χ4n) is 1.97. The van der Waals surface area contributed by atoms with Gasteiger partial charge in [-0.15, -0.1) is 0 Å². The van der Waals surface area contributed by atoms with E-state index in [2.05, 4.69) is 15.1 Å². The van der Waals surface area contributed by atoms with E-state index in [-0.39, 0.29) is 6.04 Å². The SMILES string of the molecule is CCC(N)c1noc(-c2cccc3ncccc23)n1. The largest absolute Gasteiger partial charge is 0.334 e. The molecule has 2 heterocycles. The van der Waals surface area contributed by atoms with Gasteiger partial charge in [0.15, 0.2) is 5.82 Å². The highest BCUT2D eigenvalue weighted by Crippen LogP contribution is 2.26. The van der Waals surface area contributed by atoms with Crippen LogP contribution in [0.4, 0.5) is 0 Å². The van der Waals surface area contributed by atoms with Crippen LogP contribution in [-0.4, -0.2) is 15.1 Å². The van der Waals surface area contributed by atoms with E-state index in [0.717, 1.165) is 22.9 Å². The van der Waals surface area contributed by atoms with Crippen molar-refractivity contribution in [3.8, 4) is 11.5 Å². The maximum Gasteiger partial charge on any atom is 0.258 e. The molecule has 2 N–H and O–H groups in total. The van der Waals surface area contributed by atoms with Gasteiger partial charge in [0, 0.05) is 17.1 Å². The second kappa shape index (κ2) is 4.78. The summed E-state index contributed by atoms with van der Waals surface area (Å²) in [5.41, 5.74) is 7.69. The molecule has 0 fully saturated rings. The molecule has 3 aromatic rings. The molecule has 3 rings (SSSR count). The molecule has 19 heavy (non-hydrogen) atoms. The summed E-state index contributed by atoms with van der Waals surface area (Å²) in [7, 11) is 0. The van der Waals surface area contributed by atoms with E-state index in [1.54, 1.807) is 6.20 Å². The van der Waals surface area contributed by atoms with Crippen molar-refractivity contribution in [3.05, 3.63) is 42.4 Å². The van der Waals surface area contributed by atoms with Crippen LogP contribution >= 0.6 is 0 Å². The zero-order valence-electron chi connectivity index (χ0n) is 10.6. The number of pyridine rings is 1. The molecule has 0 aliphatic heterocycles. The average Bonchev–Trinajstić information content (AvgIpc) is 2.95. The first-order chi connectivity index (χ1) is 9.29. The maximum absolute atomic E-state index is 5.90. The number of rotatable bonds is 3. The molecule has 0 bridgehead atoms. The summed E-state index contributed by atoms with van der Waals surface area (Å²) in [6, 6.07) is 9.51. The van der Waals surface area contributed by atoms with Crippen molar-refractivity contribution in [2.45, 2.75) is 19.4 Å². The van der Waals surface area contributed by atoms with Gasteiger partial charge in [0.1, 0.15) is 0 Å². The zero-order chi connectivity index (χ0) is 13.2. The summed E-state index contributed by atoms with van der Waals surface area (Å²) in [5.74, 6) is 1.02. The van der Waals surface area contributed by atoms with Gasteiger partial charge in [-0.25, -0.2) is 0 Å². The highest BCUT2D eigenvalue weighted by molar-refractivity contribution is 5.92. The van der Waals surface area contributed by atoms with Crippen molar-refractivity contribution in [2.75, 3.05) is 0 Å². The molecule has 0 saturated carbocycles. The predicted octanol–water partition coefficient (Wildman–Crippen LogP) is 2.69. The number of aromatic nitrogens is 3. The van der Waals surface area contributed by atoms with Crippen molar-refractivity contribution < 1.29 is 4.52 Å². The molecule has 0 aliphatic carbocycles. The standard InChI is InChI=1S/C14H14N4O/c1-2-11(15)13-17-14(19-18-13)10-5-3-7-12-9(10)6-4-8-16-12/h3-8,11H,2,15H2,1H3. The van der Waals surface area contributed by atoms with E-state index < -0.39 is 0 Å². The summed E-state index contributed by atoms with van der Waals surface area (Å²) in [6.07, 6.45) is 2.54. The Labute approximate surface area is 110 Å². The summed E-state index contributed by atoms with van der Waals surface area (Å²) < 4.78 is 5.31. The monoisotopic (exact) mass is 254 g/mol. The molecule has 2 aromatic heterocycles.